The molecule has 0 aromatic rings. The second-order valence-electron chi connectivity index (χ2n) is 5.16. The number of nitrogens with zero attached hydrogens (tertiary/aromatic N) is 1. The van der Waals surface area contributed by atoms with Crippen LogP contribution in [0.15, 0.2) is 0 Å². The van der Waals surface area contributed by atoms with E-state index in [4.69, 9.17) is 6.57 Å². The third-order valence-corrected chi connectivity index (χ3v) is 4.01. The van der Waals surface area contributed by atoms with Gasteiger partial charge in [0.05, 0.1) is 0 Å². The van der Waals surface area contributed by atoms with Crippen molar-refractivity contribution in [3.8, 4) is 0 Å². The molecule has 2 fully saturated rings. The first-order valence-electron chi connectivity index (χ1n) is 6.46. The van der Waals surface area contributed by atoms with Crippen molar-refractivity contribution >= 4 is 5.91 Å². The molecule has 1 N–H and O–H groups in total. The Balaban J connectivity index is 1.93. The molecular weight excluding hydrogens is 200 g/mol. The van der Waals surface area contributed by atoms with E-state index in [1.807, 2.05) is 0 Å². The van der Waals surface area contributed by atoms with Gasteiger partial charge < -0.3 is 5.32 Å². The average Bonchev–Trinajstić information content (AvgIpc) is 2.80. The van der Waals surface area contributed by atoms with Crippen LogP contribution in [-0.4, -0.2) is 17.5 Å². The molecule has 0 bridgehead atoms. The molecule has 3 nitrogen and oxygen atoms in total. The molecule has 0 spiro atoms. The van der Waals surface area contributed by atoms with Crippen molar-refractivity contribution in [2.75, 3.05) is 0 Å². The van der Waals surface area contributed by atoms with E-state index in [-0.39, 0.29) is 5.91 Å². The van der Waals surface area contributed by atoms with Crippen LogP contribution in [0, 0.1) is 6.57 Å². The summed E-state index contributed by atoms with van der Waals surface area (Å²) in [5.41, 5.74) is -0.711. The van der Waals surface area contributed by atoms with Crippen molar-refractivity contribution in [2.24, 2.45) is 0 Å². The molecule has 2 saturated carbocycles. The molecule has 2 aliphatic carbocycles. The lowest BCUT2D eigenvalue weighted by molar-refractivity contribution is -0.125. The first kappa shape index (κ1) is 11.4. The van der Waals surface area contributed by atoms with E-state index in [1.54, 1.807) is 0 Å². The second-order valence-corrected chi connectivity index (χ2v) is 5.16. The number of hydrogen-bond donors (Lipinski definition) is 1. The van der Waals surface area contributed by atoms with Crippen molar-refractivity contribution < 1.29 is 4.79 Å². The summed E-state index contributed by atoms with van der Waals surface area (Å²) in [5, 5.41) is 3.10. The highest BCUT2D eigenvalue weighted by Gasteiger charge is 2.48. The van der Waals surface area contributed by atoms with E-state index in [1.165, 1.54) is 19.3 Å². The average molecular weight is 220 g/mol. The topological polar surface area (TPSA) is 33.5 Å². The Hall–Kier alpha value is -1.04. The maximum atomic E-state index is 12.1. The molecule has 0 aliphatic heterocycles. The Morgan fingerprint density at radius 2 is 1.75 bits per heavy atom. The number of hydrogen-bond acceptors (Lipinski definition) is 1. The van der Waals surface area contributed by atoms with Crippen LogP contribution in [0.2, 0.25) is 0 Å². The lowest BCUT2D eigenvalue weighted by Gasteiger charge is -2.25. The van der Waals surface area contributed by atoms with E-state index in [2.05, 4.69) is 10.2 Å². The smallest absolute Gasteiger partial charge is 0.308 e. The van der Waals surface area contributed by atoms with Crippen LogP contribution in [-0.2, 0) is 4.79 Å². The summed E-state index contributed by atoms with van der Waals surface area (Å²) in [6, 6.07) is 0.334. The number of nitrogens with one attached hydrogen (secondary N) is 1. The predicted molar refractivity (Wildman–Crippen MR) is 62.8 cm³/mol. The van der Waals surface area contributed by atoms with Gasteiger partial charge in [-0.1, -0.05) is 19.3 Å². The summed E-state index contributed by atoms with van der Waals surface area (Å²) in [6.45, 7) is 7.26. The summed E-state index contributed by atoms with van der Waals surface area (Å²) in [7, 11) is 0. The van der Waals surface area contributed by atoms with Gasteiger partial charge in [0.15, 0.2) is 0 Å². The Labute approximate surface area is 97.4 Å². The van der Waals surface area contributed by atoms with E-state index in [0.717, 1.165) is 38.5 Å². The minimum absolute atomic E-state index is 0.00639. The van der Waals surface area contributed by atoms with Crippen LogP contribution in [0.1, 0.15) is 57.8 Å². The van der Waals surface area contributed by atoms with E-state index < -0.39 is 5.54 Å². The van der Waals surface area contributed by atoms with Gasteiger partial charge in [-0.2, -0.15) is 0 Å². The maximum Gasteiger partial charge on any atom is 0.308 e. The summed E-state index contributed by atoms with van der Waals surface area (Å²) in [6.07, 6.45) is 9.50. The van der Waals surface area contributed by atoms with E-state index in [0.29, 0.717) is 6.04 Å². The number of amides is 1. The Bertz CT molecular complexity index is 294. The van der Waals surface area contributed by atoms with Gasteiger partial charge >= 0.3 is 11.4 Å². The normalized spacial score (nSPS) is 24.9. The Morgan fingerprint density at radius 3 is 2.31 bits per heavy atom. The van der Waals surface area contributed by atoms with Gasteiger partial charge in [-0.3, -0.25) is 9.64 Å². The fraction of sp³-hybridized carbons (Fsp3) is 0.846. The van der Waals surface area contributed by atoms with E-state index in [9.17, 15) is 4.79 Å². The molecule has 1 amide bonds. The molecule has 2 aliphatic rings. The lowest BCUT2D eigenvalue weighted by atomic mass is 9.92. The minimum atomic E-state index is -0.711. The van der Waals surface area contributed by atoms with Gasteiger partial charge in [-0.05, 0) is 25.7 Å². The molecule has 0 aromatic heterocycles. The summed E-state index contributed by atoms with van der Waals surface area (Å²) >= 11 is 0. The molecule has 16 heavy (non-hydrogen) atoms. The van der Waals surface area contributed by atoms with Crippen molar-refractivity contribution in [2.45, 2.75) is 69.4 Å². The molecule has 0 saturated heterocycles. The van der Waals surface area contributed by atoms with Gasteiger partial charge in [-0.15, -0.1) is 0 Å². The molecule has 88 valence electrons. The SMILES string of the molecule is [C-]#[N+]C1(C(=O)NC2CCCCC2)CCCC1. The second kappa shape index (κ2) is 4.86. The highest BCUT2D eigenvalue weighted by atomic mass is 16.2. The Kier molecular flexibility index (Phi) is 3.48. The maximum absolute atomic E-state index is 12.1. The first-order chi connectivity index (χ1) is 7.77. The summed E-state index contributed by atoms with van der Waals surface area (Å²) in [4.78, 5) is 15.8. The van der Waals surface area contributed by atoms with Crippen LogP contribution in [0.4, 0.5) is 0 Å². The quantitative estimate of drug-likeness (QED) is 0.713. The third-order valence-electron chi connectivity index (χ3n) is 4.01. The molecule has 2 rings (SSSR count). The molecule has 0 unspecified atom stereocenters. The van der Waals surface area contributed by atoms with Crippen LogP contribution < -0.4 is 5.32 Å². The van der Waals surface area contributed by atoms with Gasteiger partial charge in [0.1, 0.15) is 0 Å². The van der Waals surface area contributed by atoms with Crippen LogP contribution >= 0.6 is 0 Å². The number of carbonyl (C=O) groups excluding carboxylic acids is 1. The molecule has 0 atom stereocenters. The van der Waals surface area contributed by atoms with Crippen molar-refractivity contribution in [3.05, 3.63) is 11.4 Å². The predicted octanol–water partition coefficient (Wildman–Crippen LogP) is 2.67. The molecule has 0 heterocycles. The fourth-order valence-corrected chi connectivity index (χ4v) is 2.92. The minimum Gasteiger partial charge on any atom is -0.346 e. The van der Waals surface area contributed by atoms with Gasteiger partial charge in [-0.25, -0.2) is 6.57 Å². The molecule has 0 aromatic carbocycles. The van der Waals surface area contributed by atoms with Crippen molar-refractivity contribution in [3.63, 3.8) is 0 Å². The molecule has 3 heteroatoms. The monoisotopic (exact) mass is 220 g/mol. The Morgan fingerprint density at radius 1 is 1.12 bits per heavy atom. The van der Waals surface area contributed by atoms with Gasteiger partial charge in [0.2, 0.25) is 0 Å². The summed E-state index contributed by atoms with van der Waals surface area (Å²) in [5.74, 6) is 0.00639. The lowest BCUT2D eigenvalue weighted by Crippen LogP contribution is -2.47. The zero-order valence-corrected chi connectivity index (χ0v) is 9.80. The van der Waals surface area contributed by atoms with E-state index >= 15 is 0 Å². The first-order valence-corrected chi connectivity index (χ1v) is 6.46. The number of carbonyl (C=O) groups is 1. The van der Waals surface area contributed by atoms with Crippen LogP contribution in [0.5, 0.6) is 0 Å². The highest BCUT2D eigenvalue weighted by Crippen LogP contribution is 2.34. The molecular formula is C13H20N2O. The fourth-order valence-electron chi connectivity index (χ4n) is 2.92. The summed E-state index contributed by atoms with van der Waals surface area (Å²) < 4.78 is 0. The number of rotatable bonds is 2. The van der Waals surface area contributed by atoms with Crippen molar-refractivity contribution in [1.29, 1.82) is 0 Å². The third kappa shape index (κ3) is 2.21. The molecule has 0 radical (unpaired) electrons. The largest absolute Gasteiger partial charge is 0.346 e. The van der Waals surface area contributed by atoms with Gasteiger partial charge in [0, 0.05) is 18.9 Å². The van der Waals surface area contributed by atoms with Crippen LogP contribution in [0.25, 0.3) is 4.85 Å². The van der Waals surface area contributed by atoms with Gasteiger partial charge in [0.25, 0.3) is 0 Å². The zero-order chi connectivity index (χ0) is 11.4. The standard InChI is InChI=1S/C13H20N2O/c1-14-13(9-5-6-10-13)12(16)15-11-7-3-2-4-8-11/h11H,2-10H2,(H,15,16). The van der Waals surface area contributed by atoms with Crippen LogP contribution in [0.3, 0.4) is 0 Å². The highest BCUT2D eigenvalue weighted by molar-refractivity contribution is 5.88. The zero-order valence-electron chi connectivity index (χ0n) is 9.80. The van der Waals surface area contributed by atoms with Crippen molar-refractivity contribution in [1.82, 2.24) is 5.32 Å².